The van der Waals surface area contributed by atoms with Gasteiger partial charge in [0, 0.05) is 34.6 Å². The lowest BCUT2D eigenvalue weighted by Crippen LogP contribution is -2.12. The van der Waals surface area contributed by atoms with Crippen LogP contribution in [0.5, 0.6) is 11.5 Å². The highest BCUT2D eigenvalue weighted by Crippen LogP contribution is 2.26. The van der Waals surface area contributed by atoms with Crippen molar-refractivity contribution in [1.29, 1.82) is 0 Å². The highest BCUT2D eigenvalue weighted by atomic mass is 16.5. The molecule has 0 bridgehead atoms. The number of carbonyl (C=O) groups is 2. The topological polar surface area (TPSA) is 76.7 Å². The summed E-state index contributed by atoms with van der Waals surface area (Å²) in [5.41, 5.74) is 3.58. The molecule has 0 aliphatic rings. The molecule has 0 aliphatic carbocycles. The maximum absolute atomic E-state index is 12.3. The summed E-state index contributed by atoms with van der Waals surface area (Å²) < 4.78 is 10.6. The number of ether oxygens (including phenoxy) is 2. The number of carbonyl (C=O) groups excluding carboxylic acids is 2. The number of methoxy groups -OCH3 is 2. The van der Waals surface area contributed by atoms with Crippen molar-refractivity contribution in [3.63, 3.8) is 0 Å². The van der Waals surface area contributed by atoms with Gasteiger partial charge in [-0.2, -0.15) is 0 Å². The van der Waals surface area contributed by atoms with Crippen LogP contribution < -0.4 is 20.1 Å². The quantitative estimate of drug-likeness (QED) is 0.354. The Bertz CT molecular complexity index is 1170. The number of amides is 2. The third-order valence-electron chi connectivity index (χ3n) is 4.77. The molecule has 0 spiro atoms. The van der Waals surface area contributed by atoms with Crippen molar-refractivity contribution in [2.75, 3.05) is 24.9 Å². The fourth-order valence-corrected chi connectivity index (χ4v) is 3.05. The van der Waals surface area contributed by atoms with Gasteiger partial charge < -0.3 is 20.1 Å². The fraction of sp³-hybridized carbons (Fsp3) is 0.111. The number of hydrogen-bond acceptors (Lipinski definition) is 4. The average molecular weight is 443 g/mol. The van der Waals surface area contributed by atoms with Crippen LogP contribution in [0.15, 0.2) is 90.5 Å². The SMILES string of the molecule is COc1ccc(/C=C(C)/C=C/C(=O)Nc2ccc(C(=O)Nc3ccccc3)cc2)c(OC)c1. The van der Waals surface area contributed by atoms with Crippen molar-refractivity contribution in [2.45, 2.75) is 6.92 Å². The van der Waals surface area contributed by atoms with E-state index in [1.165, 1.54) is 6.08 Å². The van der Waals surface area contributed by atoms with Gasteiger partial charge in [-0.15, -0.1) is 0 Å². The minimum atomic E-state index is -0.272. The summed E-state index contributed by atoms with van der Waals surface area (Å²) in [7, 11) is 3.20. The van der Waals surface area contributed by atoms with Crippen LogP contribution in [-0.2, 0) is 4.79 Å². The monoisotopic (exact) mass is 442 g/mol. The third kappa shape index (κ3) is 6.83. The second-order valence-electron chi connectivity index (χ2n) is 7.22. The first-order valence-electron chi connectivity index (χ1n) is 10.3. The van der Waals surface area contributed by atoms with Crippen LogP contribution in [0.25, 0.3) is 6.08 Å². The first kappa shape index (κ1) is 23.3. The van der Waals surface area contributed by atoms with Crippen LogP contribution in [0.2, 0.25) is 0 Å². The molecule has 6 nitrogen and oxygen atoms in total. The van der Waals surface area contributed by atoms with Gasteiger partial charge in [-0.1, -0.05) is 29.8 Å². The van der Waals surface area contributed by atoms with E-state index in [0.29, 0.717) is 22.7 Å². The van der Waals surface area contributed by atoms with Gasteiger partial charge in [-0.25, -0.2) is 0 Å². The highest BCUT2D eigenvalue weighted by molar-refractivity contribution is 6.05. The van der Waals surface area contributed by atoms with Crippen LogP contribution in [-0.4, -0.2) is 26.0 Å². The van der Waals surface area contributed by atoms with Crippen molar-refractivity contribution in [1.82, 2.24) is 0 Å². The minimum absolute atomic E-state index is 0.214. The first-order chi connectivity index (χ1) is 16.0. The van der Waals surface area contributed by atoms with Crippen molar-refractivity contribution in [3.05, 3.63) is 102 Å². The van der Waals surface area contributed by atoms with Crippen LogP contribution >= 0.6 is 0 Å². The number of rotatable bonds is 8. The number of allylic oxidation sites excluding steroid dienone is 2. The first-order valence-corrected chi connectivity index (χ1v) is 10.3. The Balaban J connectivity index is 1.59. The number of benzene rings is 3. The molecule has 0 radical (unpaired) electrons. The summed E-state index contributed by atoms with van der Waals surface area (Å²) in [6.07, 6.45) is 5.10. The Kier molecular flexibility index (Phi) is 8.02. The predicted molar refractivity (Wildman–Crippen MR) is 132 cm³/mol. The van der Waals surface area contributed by atoms with Crippen LogP contribution in [0.3, 0.4) is 0 Å². The number of para-hydroxylation sites is 1. The van der Waals surface area contributed by atoms with E-state index < -0.39 is 0 Å². The lowest BCUT2D eigenvalue weighted by atomic mass is 10.1. The van der Waals surface area contributed by atoms with E-state index in [-0.39, 0.29) is 11.8 Å². The molecule has 0 saturated heterocycles. The summed E-state index contributed by atoms with van der Waals surface area (Å²) in [6, 6.07) is 21.5. The molecule has 2 N–H and O–H groups in total. The summed E-state index contributed by atoms with van der Waals surface area (Å²) in [5, 5.41) is 5.61. The molecule has 0 heterocycles. The molecule has 0 aliphatic heterocycles. The minimum Gasteiger partial charge on any atom is -0.497 e. The smallest absolute Gasteiger partial charge is 0.255 e. The largest absolute Gasteiger partial charge is 0.497 e. The molecular formula is C27H26N2O4. The molecule has 33 heavy (non-hydrogen) atoms. The van der Waals surface area contributed by atoms with Gasteiger partial charge in [0.05, 0.1) is 14.2 Å². The molecule has 3 aromatic carbocycles. The molecule has 0 atom stereocenters. The van der Waals surface area contributed by atoms with Crippen LogP contribution in [0.4, 0.5) is 11.4 Å². The maximum Gasteiger partial charge on any atom is 0.255 e. The van der Waals surface area contributed by atoms with E-state index >= 15 is 0 Å². The van der Waals surface area contributed by atoms with Crippen molar-refractivity contribution >= 4 is 29.3 Å². The molecule has 168 valence electrons. The van der Waals surface area contributed by atoms with Gasteiger partial charge >= 0.3 is 0 Å². The second-order valence-corrected chi connectivity index (χ2v) is 7.22. The van der Waals surface area contributed by atoms with Crippen molar-refractivity contribution in [2.24, 2.45) is 0 Å². The van der Waals surface area contributed by atoms with Crippen molar-refractivity contribution in [3.8, 4) is 11.5 Å². The van der Waals surface area contributed by atoms with E-state index in [9.17, 15) is 9.59 Å². The zero-order valence-corrected chi connectivity index (χ0v) is 18.8. The van der Waals surface area contributed by atoms with Crippen molar-refractivity contribution < 1.29 is 19.1 Å². The molecule has 0 aromatic heterocycles. The Morgan fingerprint density at radius 1 is 0.788 bits per heavy atom. The lowest BCUT2D eigenvalue weighted by molar-refractivity contribution is -0.111. The van der Waals surface area contributed by atoms with Gasteiger partial charge in [0.15, 0.2) is 0 Å². The molecular weight excluding hydrogens is 416 g/mol. The number of nitrogens with one attached hydrogen (secondary N) is 2. The standard InChI is InChI=1S/C27H26N2O4/c1-19(17-21-12-15-24(32-2)18-25(21)33-3)9-16-26(30)28-23-13-10-20(11-14-23)27(31)29-22-7-5-4-6-8-22/h4-18H,1-3H3,(H,28,30)(H,29,31)/b16-9+,19-17+. The second kappa shape index (κ2) is 11.3. The van der Waals surface area contributed by atoms with Crippen LogP contribution in [0, 0.1) is 0 Å². The number of hydrogen-bond donors (Lipinski definition) is 2. The number of anilines is 2. The Labute approximate surface area is 193 Å². The normalized spacial score (nSPS) is 11.2. The van der Waals surface area contributed by atoms with Gasteiger partial charge in [0.1, 0.15) is 11.5 Å². The molecule has 0 unspecified atom stereocenters. The van der Waals surface area contributed by atoms with Gasteiger partial charge in [0.25, 0.3) is 5.91 Å². The highest BCUT2D eigenvalue weighted by Gasteiger charge is 2.07. The zero-order chi connectivity index (χ0) is 23.6. The van der Waals surface area contributed by atoms with Crippen LogP contribution in [0.1, 0.15) is 22.8 Å². The third-order valence-corrected chi connectivity index (χ3v) is 4.77. The molecule has 0 saturated carbocycles. The van der Waals surface area contributed by atoms with E-state index in [2.05, 4.69) is 10.6 Å². The van der Waals surface area contributed by atoms with E-state index in [4.69, 9.17) is 9.47 Å². The average Bonchev–Trinajstić information content (AvgIpc) is 2.84. The van der Waals surface area contributed by atoms with E-state index in [1.54, 1.807) is 50.6 Å². The summed E-state index contributed by atoms with van der Waals surface area (Å²) in [6.45, 7) is 1.90. The van der Waals surface area contributed by atoms with E-state index in [0.717, 1.165) is 16.8 Å². The Morgan fingerprint density at radius 3 is 2.15 bits per heavy atom. The predicted octanol–water partition coefficient (Wildman–Crippen LogP) is 5.55. The molecule has 3 aromatic rings. The summed E-state index contributed by atoms with van der Waals surface area (Å²) in [5.74, 6) is 0.905. The lowest BCUT2D eigenvalue weighted by Gasteiger charge is -2.08. The summed E-state index contributed by atoms with van der Waals surface area (Å²) in [4.78, 5) is 24.6. The molecule has 0 fully saturated rings. The zero-order valence-electron chi connectivity index (χ0n) is 18.8. The fourth-order valence-electron chi connectivity index (χ4n) is 3.05. The maximum atomic E-state index is 12.3. The molecule has 2 amide bonds. The van der Waals surface area contributed by atoms with Gasteiger partial charge in [-0.05, 0) is 61.5 Å². The Morgan fingerprint density at radius 2 is 1.48 bits per heavy atom. The van der Waals surface area contributed by atoms with Gasteiger partial charge in [0.2, 0.25) is 5.91 Å². The molecule has 6 heteroatoms. The molecule has 3 rings (SSSR count). The van der Waals surface area contributed by atoms with E-state index in [1.807, 2.05) is 55.5 Å². The van der Waals surface area contributed by atoms with Gasteiger partial charge in [-0.3, -0.25) is 9.59 Å². The summed E-state index contributed by atoms with van der Waals surface area (Å²) >= 11 is 0. The Hall–Kier alpha value is -4.32.